The van der Waals surface area contributed by atoms with Crippen LogP contribution in [0.25, 0.3) is 5.57 Å². The highest BCUT2D eigenvalue weighted by atomic mass is 32.2. The number of hydrogen-bond acceptors (Lipinski definition) is 2. The van der Waals surface area contributed by atoms with Crippen LogP contribution in [-0.2, 0) is 4.79 Å². The van der Waals surface area contributed by atoms with Gasteiger partial charge in [0.15, 0.2) is 0 Å². The van der Waals surface area contributed by atoms with Crippen LogP contribution in [-0.4, -0.2) is 17.4 Å². The van der Waals surface area contributed by atoms with Crippen molar-refractivity contribution in [1.29, 1.82) is 0 Å². The number of primary amides is 1. The third kappa shape index (κ3) is 3.26. The van der Waals surface area contributed by atoms with Crippen molar-refractivity contribution in [2.75, 3.05) is 11.5 Å². The molecule has 0 atom stereocenters. The Morgan fingerprint density at radius 3 is 2.72 bits per heavy atom. The van der Waals surface area contributed by atoms with Gasteiger partial charge in [-0.1, -0.05) is 42.0 Å². The van der Waals surface area contributed by atoms with Crippen LogP contribution in [0.5, 0.6) is 0 Å². The van der Waals surface area contributed by atoms with E-state index < -0.39 is 0 Å². The predicted molar refractivity (Wildman–Crippen MR) is 78.3 cm³/mol. The summed E-state index contributed by atoms with van der Waals surface area (Å²) >= 11 is 1.58. The molecule has 94 valence electrons. The molecular formula is C15H17NOS. The van der Waals surface area contributed by atoms with Crippen LogP contribution >= 0.6 is 11.8 Å². The fraction of sp³-hybridized carbons (Fsp3) is 0.267. The van der Waals surface area contributed by atoms with Gasteiger partial charge in [0.25, 0.3) is 0 Å². The zero-order chi connectivity index (χ0) is 13.0. The Bertz CT molecular complexity index is 502. The Labute approximate surface area is 112 Å². The smallest absolute Gasteiger partial charge is 0.227 e. The van der Waals surface area contributed by atoms with Gasteiger partial charge in [-0.25, -0.2) is 0 Å². The van der Waals surface area contributed by atoms with Crippen LogP contribution in [0.1, 0.15) is 18.9 Å². The van der Waals surface area contributed by atoms with Crippen molar-refractivity contribution in [1.82, 2.24) is 0 Å². The van der Waals surface area contributed by atoms with E-state index in [-0.39, 0.29) is 5.91 Å². The molecule has 18 heavy (non-hydrogen) atoms. The van der Waals surface area contributed by atoms with Crippen LogP contribution in [0, 0.1) is 0 Å². The van der Waals surface area contributed by atoms with Crippen LogP contribution in [0.2, 0.25) is 0 Å². The largest absolute Gasteiger partial charge is 0.369 e. The lowest BCUT2D eigenvalue weighted by Crippen LogP contribution is -2.13. The van der Waals surface area contributed by atoms with Crippen molar-refractivity contribution in [3.63, 3.8) is 0 Å². The minimum atomic E-state index is -0.247. The fourth-order valence-electron chi connectivity index (χ4n) is 2.05. The van der Waals surface area contributed by atoms with Gasteiger partial charge in [-0.05, 0) is 30.1 Å². The maximum absolute atomic E-state index is 10.7. The molecule has 3 heteroatoms. The van der Waals surface area contributed by atoms with E-state index in [0.29, 0.717) is 5.75 Å². The molecule has 0 fully saturated rings. The number of rotatable bonds is 5. The molecule has 0 bridgehead atoms. The molecule has 1 aliphatic rings. The van der Waals surface area contributed by atoms with E-state index in [9.17, 15) is 4.79 Å². The van der Waals surface area contributed by atoms with Gasteiger partial charge in [0, 0.05) is 5.75 Å². The lowest BCUT2D eigenvalue weighted by molar-refractivity contribution is -0.115. The van der Waals surface area contributed by atoms with Gasteiger partial charge in [-0.15, -0.1) is 11.8 Å². The van der Waals surface area contributed by atoms with E-state index in [1.54, 1.807) is 11.8 Å². The van der Waals surface area contributed by atoms with Gasteiger partial charge in [0.2, 0.25) is 5.91 Å². The quantitative estimate of drug-likeness (QED) is 0.883. The summed E-state index contributed by atoms with van der Waals surface area (Å²) < 4.78 is 0. The van der Waals surface area contributed by atoms with Crippen LogP contribution in [0.15, 0.2) is 47.6 Å². The van der Waals surface area contributed by atoms with Gasteiger partial charge >= 0.3 is 0 Å². The molecule has 0 saturated heterocycles. The lowest BCUT2D eigenvalue weighted by Gasteiger charge is -2.01. The summed E-state index contributed by atoms with van der Waals surface area (Å²) in [5.74, 6) is 1.01. The van der Waals surface area contributed by atoms with Gasteiger partial charge in [-0.2, -0.15) is 0 Å². The highest BCUT2D eigenvalue weighted by molar-refractivity contribution is 8.00. The van der Waals surface area contributed by atoms with Crippen molar-refractivity contribution >= 4 is 23.2 Å². The monoisotopic (exact) mass is 259 g/mol. The number of nitrogens with two attached hydrogens (primary N) is 1. The summed E-state index contributed by atoms with van der Waals surface area (Å²) in [7, 11) is 0. The fourth-order valence-corrected chi connectivity index (χ4v) is 2.90. The number of carbonyl (C=O) groups is 1. The first-order valence-corrected chi connectivity index (χ1v) is 7.13. The molecule has 2 nitrogen and oxygen atoms in total. The number of thioether (sulfide) groups is 1. The highest BCUT2D eigenvalue weighted by Gasteiger charge is 2.13. The maximum atomic E-state index is 10.7. The first kappa shape index (κ1) is 13.0. The Morgan fingerprint density at radius 1 is 1.33 bits per heavy atom. The van der Waals surface area contributed by atoms with Crippen LogP contribution < -0.4 is 5.73 Å². The van der Waals surface area contributed by atoms with E-state index in [4.69, 9.17) is 5.73 Å². The Morgan fingerprint density at radius 2 is 2.06 bits per heavy atom. The van der Waals surface area contributed by atoms with E-state index in [2.05, 4.69) is 37.3 Å². The third-order valence-electron chi connectivity index (χ3n) is 3.00. The van der Waals surface area contributed by atoms with E-state index in [1.165, 1.54) is 22.3 Å². The lowest BCUT2D eigenvalue weighted by atomic mass is 10.0. The summed E-state index contributed by atoms with van der Waals surface area (Å²) in [4.78, 5) is 10.7. The van der Waals surface area contributed by atoms with Gasteiger partial charge < -0.3 is 5.73 Å². The number of amides is 1. The van der Waals surface area contributed by atoms with Crippen molar-refractivity contribution in [2.45, 2.75) is 13.3 Å². The topological polar surface area (TPSA) is 43.1 Å². The first-order chi connectivity index (χ1) is 8.66. The molecule has 1 aromatic carbocycles. The third-order valence-corrected chi connectivity index (χ3v) is 4.00. The van der Waals surface area contributed by atoms with Crippen molar-refractivity contribution in [3.05, 3.63) is 53.1 Å². The molecule has 1 amide bonds. The molecule has 0 spiro atoms. The van der Waals surface area contributed by atoms with E-state index in [1.807, 2.05) is 6.07 Å². The van der Waals surface area contributed by atoms with Crippen molar-refractivity contribution in [2.24, 2.45) is 5.73 Å². The Kier molecular flexibility index (Phi) is 4.26. The molecule has 0 radical (unpaired) electrons. The van der Waals surface area contributed by atoms with Gasteiger partial charge in [0.1, 0.15) is 0 Å². The van der Waals surface area contributed by atoms with E-state index in [0.717, 1.165) is 12.2 Å². The van der Waals surface area contributed by atoms with Crippen LogP contribution in [0.3, 0.4) is 0 Å². The standard InChI is InChI=1S/C15H17NOS/c1-11-7-13(12-5-3-2-4-6-12)8-14(11)9-18-10-15(16)17/h2-6,8H,7,9-10H2,1H3,(H2,16,17). The molecule has 0 aliphatic heterocycles. The van der Waals surface area contributed by atoms with Gasteiger partial charge in [-0.3, -0.25) is 4.79 Å². The second-order valence-electron chi connectivity index (χ2n) is 4.48. The zero-order valence-corrected chi connectivity index (χ0v) is 11.3. The molecule has 0 heterocycles. The highest BCUT2D eigenvalue weighted by Crippen LogP contribution is 2.33. The van der Waals surface area contributed by atoms with Crippen molar-refractivity contribution < 1.29 is 4.79 Å². The number of allylic oxidation sites excluding steroid dienone is 3. The van der Waals surface area contributed by atoms with Crippen molar-refractivity contribution in [3.8, 4) is 0 Å². The van der Waals surface area contributed by atoms with Gasteiger partial charge in [0.05, 0.1) is 5.75 Å². The molecule has 1 aliphatic carbocycles. The maximum Gasteiger partial charge on any atom is 0.227 e. The second-order valence-corrected chi connectivity index (χ2v) is 5.46. The predicted octanol–water partition coefficient (Wildman–Crippen LogP) is 3.01. The summed E-state index contributed by atoms with van der Waals surface area (Å²) in [6, 6.07) is 10.4. The zero-order valence-electron chi connectivity index (χ0n) is 10.5. The summed E-state index contributed by atoms with van der Waals surface area (Å²) in [6.45, 7) is 2.16. The van der Waals surface area contributed by atoms with E-state index >= 15 is 0 Å². The summed E-state index contributed by atoms with van der Waals surface area (Å²) in [6.07, 6.45) is 3.26. The molecule has 0 saturated carbocycles. The average molecular weight is 259 g/mol. The summed E-state index contributed by atoms with van der Waals surface area (Å²) in [5.41, 5.74) is 10.5. The molecule has 0 unspecified atom stereocenters. The first-order valence-electron chi connectivity index (χ1n) is 5.97. The Balaban J connectivity index is 2.01. The molecule has 2 N–H and O–H groups in total. The molecule has 1 aromatic rings. The number of carbonyl (C=O) groups excluding carboxylic acids is 1. The second kappa shape index (κ2) is 5.91. The molecule has 0 aromatic heterocycles. The number of hydrogen-bond donors (Lipinski definition) is 1. The molecule has 2 rings (SSSR count). The SMILES string of the molecule is CC1=C(CSCC(N)=O)C=C(c2ccccc2)C1. The normalized spacial score (nSPS) is 14.8. The summed E-state index contributed by atoms with van der Waals surface area (Å²) in [5, 5.41) is 0. The minimum Gasteiger partial charge on any atom is -0.369 e. The Hall–Kier alpha value is -1.48. The average Bonchev–Trinajstić information content (AvgIpc) is 2.72. The number of benzene rings is 1. The minimum absolute atomic E-state index is 0.247. The van der Waals surface area contributed by atoms with Crippen LogP contribution in [0.4, 0.5) is 0 Å². The molecular weight excluding hydrogens is 242 g/mol.